The number of hydrogen-bond donors (Lipinski definition) is 0. The van der Waals surface area contributed by atoms with Gasteiger partial charge in [0.25, 0.3) is 0 Å². The van der Waals surface area contributed by atoms with Gasteiger partial charge < -0.3 is 13.7 Å². The van der Waals surface area contributed by atoms with Crippen molar-refractivity contribution in [2.45, 2.75) is 12.8 Å². The van der Waals surface area contributed by atoms with Gasteiger partial charge in [0.1, 0.15) is 16.7 Å². The largest absolute Gasteiger partial charge is 0.456 e. The van der Waals surface area contributed by atoms with E-state index in [0.29, 0.717) is 5.89 Å². The van der Waals surface area contributed by atoms with Crippen LogP contribution in [0.3, 0.4) is 0 Å². The van der Waals surface area contributed by atoms with Gasteiger partial charge in [0.2, 0.25) is 5.89 Å². The second-order valence-electron chi connectivity index (χ2n) is 15.4. The van der Waals surface area contributed by atoms with Gasteiger partial charge in [0.15, 0.2) is 5.58 Å². The molecule has 8 aromatic carbocycles. The average molecular weight is 789 g/mol. The molecule has 0 saturated heterocycles. The van der Waals surface area contributed by atoms with E-state index >= 15 is 0 Å². The number of hydrogen-bond acceptors (Lipinski definition) is 5. The molecule has 12 rings (SSSR count). The number of rotatable bonds is 7. The van der Waals surface area contributed by atoms with Crippen molar-refractivity contribution in [2.75, 3.05) is 4.90 Å². The maximum Gasteiger partial charge on any atom is 0.227 e. The van der Waals surface area contributed by atoms with Gasteiger partial charge in [-0.25, -0.2) is 4.98 Å². The molecule has 3 heterocycles. The summed E-state index contributed by atoms with van der Waals surface area (Å²) >= 11 is 1.87. The number of para-hydroxylation sites is 1. The number of furan rings is 1. The summed E-state index contributed by atoms with van der Waals surface area (Å²) in [4.78, 5) is 7.26. The van der Waals surface area contributed by atoms with Gasteiger partial charge >= 0.3 is 0 Å². The highest BCUT2D eigenvalue weighted by molar-refractivity contribution is 7.26. The van der Waals surface area contributed by atoms with E-state index < -0.39 is 0 Å². The highest BCUT2D eigenvalue weighted by atomic mass is 32.1. The number of allylic oxidation sites excluding steroid dienone is 4. The Bertz CT molecular complexity index is 3480. The van der Waals surface area contributed by atoms with E-state index in [-0.39, 0.29) is 0 Å². The van der Waals surface area contributed by atoms with Crippen LogP contribution in [0.25, 0.3) is 92.5 Å². The fourth-order valence-corrected chi connectivity index (χ4v) is 10.2. The van der Waals surface area contributed by atoms with E-state index in [1.54, 1.807) is 0 Å². The molecule has 4 nitrogen and oxygen atoms in total. The van der Waals surface area contributed by atoms with Gasteiger partial charge in [-0.2, -0.15) is 0 Å². The minimum atomic E-state index is 0.611. The summed E-state index contributed by atoms with van der Waals surface area (Å²) in [5.74, 6) is 0.611. The van der Waals surface area contributed by atoms with Crippen LogP contribution in [0.2, 0.25) is 0 Å². The first-order valence-corrected chi connectivity index (χ1v) is 21.2. The molecular formula is C55H36N2O2S. The second kappa shape index (κ2) is 14.1. The van der Waals surface area contributed by atoms with Crippen LogP contribution >= 0.6 is 11.3 Å². The molecule has 0 fully saturated rings. The number of nitrogens with zero attached hydrogens (tertiary/aromatic N) is 2. The van der Waals surface area contributed by atoms with E-state index in [1.165, 1.54) is 53.7 Å². The van der Waals surface area contributed by atoms with E-state index in [1.807, 2.05) is 53.8 Å². The molecule has 0 spiro atoms. The zero-order valence-corrected chi connectivity index (χ0v) is 33.3. The van der Waals surface area contributed by atoms with Gasteiger partial charge in [0, 0.05) is 48.1 Å². The molecule has 0 N–H and O–H groups in total. The van der Waals surface area contributed by atoms with Crippen molar-refractivity contribution in [3.63, 3.8) is 0 Å². The van der Waals surface area contributed by atoms with Crippen LogP contribution in [0.15, 0.2) is 209 Å². The van der Waals surface area contributed by atoms with Gasteiger partial charge in [0.05, 0.1) is 11.1 Å². The normalized spacial score (nSPS) is 13.1. The van der Waals surface area contributed by atoms with Gasteiger partial charge in [-0.1, -0.05) is 127 Å². The molecule has 1 aliphatic carbocycles. The summed E-state index contributed by atoms with van der Waals surface area (Å²) in [6, 6.07) is 64.6. The number of benzene rings is 8. The topological polar surface area (TPSA) is 42.4 Å². The number of anilines is 2. The minimum Gasteiger partial charge on any atom is -0.456 e. The Morgan fingerprint density at radius 1 is 0.500 bits per heavy atom. The standard InChI is InChI=1S/C55H36N2O2S/c1-3-12-36(13-4-1)42-16-7-9-20-48(42)57(41-29-24-37(25-30-41)43-18-11-19-45-44-17-8-10-21-51(44)60-54(43)45)40-27-22-35(23-28-40)39-26-31-46-50(34-39)58-49-33-32-47-53(52(46)49)59-55(56-47)38-14-5-2-6-15-38/h1-22,24-27,29-34H,23,28H2. The number of aromatic nitrogens is 1. The molecule has 284 valence electrons. The van der Waals surface area contributed by atoms with Crippen LogP contribution in [0.1, 0.15) is 18.4 Å². The lowest BCUT2D eigenvalue weighted by Crippen LogP contribution is -2.18. The maximum absolute atomic E-state index is 6.48. The molecule has 0 saturated carbocycles. The molecule has 0 radical (unpaired) electrons. The lowest BCUT2D eigenvalue weighted by atomic mass is 9.93. The van der Waals surface area contributed by atoms with Crippen LogP contribution in [0.5, 0.6) is 0 Å². The van der Waals surface area contributed by atoms with Crippen molar-refractivity contribution in [3.05, 3.63) is 205 Å². The Hall–Kier alpha value is -7.47. The maximum atomic E-state index is 6.48. The molecule has 60 heavy (non-hydrogen) atoms. The number of oxazole rings is 1. The smallest absolute Gasteiger partial charge is 0.227 e. The van der Waals surface area contributed by atoms with Crippen LogP contribution < -0.4 is 4.90 Å². The molecule has 0 atom stereocenters. The molecule has 0 aliphatic heterocycles. The fourth-order valence-electron chi connectivity index (χ4n) is 8.96. The molecule has 0 bridgehead atoms. The molecule has 0 amide bonds. The second-order valence-corrected chi connectivity index (χ2v) is 16.4. The highest BCUT2D eigenvalue weighted by Crippen LogP contribution is 2.44. The van der Waals surface area contributed by atoms with Gasteiger partial charge in [-0.05, 0) is 107 Å². The number of fused-ring (bicyclic) bond motifs is 8. The summed E-state index contributed by atoms with van der Waals surface area (Å²) in [5.41, 5.74) is 15.0. The summed E-state index contributed by atoms with van der Waals surface area (Å²) in [6.45, 7) is 0. The third-order valence-corrected chi connectivity index (χ3v) is 13.1. The van der Waals surface area contributed by atoms with E-state index in [4.69, 9.17) is 13.8 Å². The minimum absolute atomic E-state index is 0.611. The molecule has 5 heteroatoms. The molecule has 3 aromatic heterocycles. The molecule has 0 unspecified atom stereocenters. The monoisotopic (exact) mass is 788 g/mol. The first kappa shape index (κ1) is 34.6. The summed E-state index contributed by atoms with van der Waals surface area (Å²) < 4.78 is 15.5. The third-order valence-electron chi connectivity index (χ3n) is 11.9. The zero-order chi connectivity index (χ0) is 39.6. The van der Waals surface area contributed by atoms with Crippen LogP contribution in [-0.2, 0) is 0 Å². The van der Waals surface area contributed by atoms with Gasteiger partial charge in [-0.15, -0.1) is 11.3 Å². The van der Waals surface area contributed by atoms with Crippen molar-refractivity contribution in [1.29, 1.82) is 0 Å². The summed E-state index contributed by atoms with van der Waals surface area (Å²) in [6.07, 6.45) is 6.36. The fraction of sp³-hybridized carbons (Fsp3) is 0.0364. The first-order chi connectivity index (χ1) is 29.7. The number of thiophene rings is 1. The molecular weight excluding hydrogens is 753 g/mol. The van der Waals surface area contributed by atoms with Crippen molar-refractivity contribution in [3.8, 4) is 33.7 Å². The lowest BCUT2D eigenvalue weighted by Gasteiger charge is -2.32. The van der Waals surface area contributed by atoms with E-state index in [2.05, 4.69) is 157 Å². The van der Waals surface area contributed by atoms with Crippen LogP contribution in [-0.4, -0.2) is 4.98 Å². The Morgan fingerprint density at radius 3 is 2.05 bits per heavy atom. The van der Waals surface area contributed by atoms with Crippen molar-refractivity contribution in [2.24, 2.45) is 0 Å². The Kier molecular flexibility index (Phi) is 8.13. The predicted octanol–water partition coefficient (Wildman–Crippen LogP) is 16.0. The van der Waals surface area contributed by atoms with Crippen molar-refractivity contribution >= 4 is 81.5 Å². The summed E-state index contributed by atoms with van der Waals surface area (Å²) in [7, 11) is 0. The zero-order valence-electron chi connectivity index (χ0n) is 32.5. The molecule has 1 aliphatic rings. The molecule has 11 aromatic rings. The first-order valence-electron chi connectivity index (χ1n) is 20.4. The van der Waals surface area contributed by atoms with Crippen molar-refractivity contribution in [1.82, 2.24) is 4.98 Å². The van der Waals surface area contributed by atoms with E-state index in [9.17, 15) is 0 Å². The SMILES string of the molecule is C1=C(c2ccc3c(c2)oc2ccc4nc(-c5ccccc5)oc4c23)CCC(N(c2ccc(-c3cccc4c3sc3ccccc34)cc2)c2ccccc2-c2ccccc2)=C1. The van der Waals surface area contributed by atoms with Crippen LogP contribution in [0, 0.1) is 0 Å². The lowest BCUT2D eigenvalue weighted by molar-refractivity contribution is 0.622. The average Bonchev–Trinajstić information content (AvgIpc) is 4.04. The Labute approximate surface area is 350 Å². The van der Waals surface area contributed by atoms with Gasteiger partial charge in [-0.3, -0.25) is 0 Å². The Morgan fingerprint density at radius 2 is 1.22 bits per heavy atom. The van der Waals surface area contributed by atoms with Crippen LogP contribution in [0.4, 0.5) is 11.4 Å². The summed E-state index contributed by atoms with van der Waals surface area (Å²) in [5, 5.41) is 4.62. The van der Waals surface area contributed by atoms with E-state index in [0.717, 1.165) is 68.4 Å². The quantitative estimate of drug-likeness (QED) is 0.161. The highest BCUT2D eigenvalue weighted by Gasteiger charge is 2.23. The van der Waals surface area contributed by atoms with Crippen molar-refractivity contribution < 1.29 is 8.83 Å². The Balaban J connectivity index is 0.928. The third kappa shape index (κ3) is 5.77. The predicted molar refractivity (Wildman–Crippen MR) is 251 cm³/mol.